The van der Waals surface area contributed by atoms with Gasteiger partial charge in [-0.05, 0) is 19.8 Å². The molecule has 0 aliphatic heterocycles. The Labute approximate surface area is 77.6 Å². The first-order valence-electron chi connectivity index (χ1n) is 4.78. The highest BCUT2D eigenvalue weighted by Gasteiger charge is 2.36. The zero-order valence-electron chi connectivity index (χ0n) is 7.85. The number of hydrogen-bond acceptors (Lipinski definition) is 3. The molecule has 1 N–H and O–H groups in total. The van der Waals surface area contributed by atoms with E-state index in [-0.39, 0.29) is 6.04 Å². The van der Waals surface area contributed by atoms with Crippen LogP contribution in [0.1, 0.15) is 38.6 Å². The van der Waals surface area contributed by atoms with E-state index in [9.17, 15) is 5.11 Å². The van der Waals surface area contributed by atoms with Gasteiger partial charge in [-0.2, -0.15) is 0 Å². The maximum absolute atomic E-state index is 10.1. The van der Waals surface area contributed by atoms with Crippen molar-refractivity contribution in [2.75, 3.05) is 0 Å². The molecular formula is C9H15N3O. The van der Waals surface area contributed by atoms with E-state index >= 15 is 0 Å². The summed E-state index contributed by atoms with van der Waals surface area (Å²) >= 11 is 0. The normalized spacial score (nSPS) is 34.8. The van der Waals surface area contributed by atoms with Crippen LogP contribution >= 0.6 is 0 Å². The third kappa shape index (κ3) is 1.58. The van der Waals surface area contributed by atoms with Gasteiger partial charge in [0.2, 0.25) is 0 Å². The summed E-state index contributed by atoms with van der Waals surface area (Å²) in [7, 11) is 0. The molecular weight excluding hydrogens is 166 g/mol. The number of rotatable bonds is 1. The molecule has 4 heteroatoms. The summed E-state index contributed by atoms with van der Waals surface area (Å²) in [5.74, 6) is 0. The lowest BCUT2D eigenvalue weighted by Gasteiger charge is -2.36. The minimum atomic E-state index is -0.619. The summed E-state index contributed by atoms with van der Waals surface area (Å²) in [4.78, 5) is 0. The van der Waals surface area contributed by atoms with Gasteiger partial charge in [-0.1, -0.05) is 18.1 Å². The van der Waals surface area contributed by atoms with E-state index in [1.807, 2.05) is 13.1 Å². The Morgan fingerprint density at radius 3 is 3.00 bits per heavy atom. The molecule has 1 aromatic rings. The molecule has 2 atom stereocenters. The third-order valence-electron chi connectivity index (χ3n) is 2.89. The van der Waals surface area contributed by atoms with Crippen LogP contribution in [0.2, 0.25) is 0 Å². The molecule has 1 aromatic heterocycles. The Kier molecular flexibility index (Phi) is 2.07. The van der Waals surface area contributed by atoms with Gasteiger partial charge in [0.25, 0.3) is 0 Å². The van der Waals surface area contributed by atoms with Crippen LogP contribution in [0.3, 0.4) is 0 Å². The minimum Gasteiger partial charge on any atom is -0.388 e. The van der Waals surface area contributed by atoms with Crippen molar-refractivity contribution < 1.29 is 5.11 Å². The lowest BCUT2D eigenvalue weighted by Crippen LogP contribution is -2.39. The third-order valence-corrected chi connectivity index (χ3v) is 2.89. The van der Waals surface area contributed by atoms with Crippen LogP contribution in [-0.2, 0) is 0 Å². The monoisotopic (exact) mass is 181 g/mol. The average molecular weight is 181 g/mol. The van der Waals surface area contributed by atoms with Crippen molar-refractivity contribution >= 4 is 0 Å². The van der Waals surface area contributed by atoms with Crippen molar-refractivity contribution in [2.24, 2.45) is 0 Å². The van der Waals surface area contributed by atoms with Gasteiger partial charge in [0.05, 0.1) is 17.8 Å². The molecule has 0 radical (unpaired) electrons. The molecule has 0 bridgehead atoms. The fourth-order valence-electron chi connectivity index (χ4n) is 2.10. The van der Waals surface area contributed by atoms with Gasteiger partial charge in [0.15, 0.2) is 0 Å². The summed E-state index contributed by atoms with van der Waals surface area (Å²) in [5, 5.41) is 17.8. The van der Waals surface area contributed by atoms with E-state index in [4.69, 9.17) is 0 Å². The molecule has 0 aromatic carbocycles. The highest BCUT2D eigenvalue weighted by atomic mass is 16.3. The van der Waals surface area contributed by atoms with E-state index < -0.39 is 5.60 Å². The SMILES string of the molecule is CC1(O)CCCCC1n1ccnn1. The molecule has 1 fully saturated rings. The molecule has 1 aliphatic rings. The van der Waals surface area contributed by atoms with E-state index in [1.165, 1.54) is 6.42 Å². The second kappa shape index (κ2) is 3.10. The van der Waals surface area contributed by atoms with Gasteiger partial charge < -0.3 is 5.11 Å². The summed E-state index contributed by atoms with van der Waals surface area (Å²) in [5.41, 5.74) is -0.619. The summed E-state index contributed by atoms with van der Waals surface area (Å²) < 4.78 is 1.78. The van der Waals surface area contributed by atoms with Crippen LogP contribution in [-0.4, -0.2) is 25.7 Å². The molecule has 0 spiro atoms. The number of aromatic nitrogens is 3. The van der Waals surface area contributed by atoms with Gasteiger partial charge in [-0.25, -0.2) is 4.68 Å². The van der Waals surface area contributed by atoms with Gasteiger partial charge >= 0.3 is 0 Å². The molecule has 4 nitrogen and oxygen atoms in total. The first kappa shape index (κ1) is 8.69. The smallest absolute Gasteiger partial charge is 0.0843 e. The van der Waals surface area contributed by atoms with Crippen molar-refractivity contribution in [1.82, 2.24) is 15.0 Å². The lowest BCUT2D eigenvalue weighted by molar-refractivity contribution is -0.0298. The van der Waals surface area contributed by atoms with E-state index in [0.717, 1.165) is 19.3 Å². The van der Waals surface area contributed by atoms with Gasteiger partial charge in [0.1, 0.15) is 0 Å². The Bertz CT molecular complexity index is 268. The largest absolute Gasteiger partial charge is 0.388 e. The van der Waals surface area contributed by atoms with Crippen molar-refractivity contribution in [3.63, 3.8) is 0 Å². The van der Waals surface area contributed by atoms with Crippen molar-refractivity contribution in [2.45, 2.75) is 44.2 Å². The maximum Gasteiger partial charge on any atom is 0.0843 e. The van der Waals surface area contributed by atoms with Crippen LogP contribution in [0.15, 0.2) is 12.4 Å². The lowest BCUT2D eigenvalue weighted by atomic mass is 9.82. The fourth-order valence-corrected chi connectivity index (χ4v) is 2.10. The minimum absolute atomic E-state index is 0.101. The molecule has 2 unspecified atom stereocenters. The summed E-state index contributed by atoms with van der Waals surface area (Å²) in [6.45, 7) is 1.89. The summed E-state index contributed by atoms with van der Waals surface area (Å²) in [6.07, 6.45) is 7.61. The molecule has 72 valence electrons. The first-order valence-corrected chi connectivity index (χ1v) is 4.78. The number of aliphatic hydroxyl groups is 1. The van der Waals surface area contributed by atoms with Crippen LogP contribution in [0.25, 0.3) is 0 Å². The summed E-state index contributed by atoms with van der Waals surface area (Å²) in [6, 6.07) is 0.101. The molecule has 0 amide bonds. The zero-order valence-corrected chi connectivity index (χ0v) is 7.85. The quantitative estimate of drug-likeness (QED) is 0.707. The number of nitrogens with zero attached hydrogens (tertiary/aromatic N) is 3. The van der Waals surface area contributed by atoms with Crippen molar-refractivity contribution in [3.8, 4) is 0 Å². The molecule has 2 rings (SSSR count). The Balaban J connectivity index is 2.21. The number of hydrogen-bond donors (Lipinski definition) is 1. The highest BCUT2D eigenvalue weighted by Crippen LogP contribution is 2.36. The Hall–Kier alpha value is -0.900. The Morgan fingerprint density at radius 1 is 1.54 bits per heavy atom. The molecule has 1 heterocycles. The second-order valence-corrected chi connectivity index (χ2v) is 4.00. The van der Waals surface area contributed by atoms with Crippen LogP contribution in [0, 0.1) is 0 Å². The van der Waals surface area contributed by atoms with Gasteiger partial charge in [0, 0.05) is 6.20 Å². The molecule has 0 saturated heterocycles. The molecule has 1 aliphatic carbocycles. The van der Waals surface area contributed by atoms with Crippen molar-refractivity contribution in [3.05, 3.63) is 12.4 Å². The maximum atomic E-state index is 10.1. The predicted octanol–water partition coefficient (Wildman–Crippen LogP) is 1.14. The van der Waals surface area contributed by atoms with Gasteiger partial charge in [-0.3, -0.25) is 0 Å². The molecule has 1 saturated carbocycles. The average Bonchev–Trinajstić information content (AvgIpc) is 2.55. The first-order chi connectivity index (χ1) is 6.20. The topological polar surface area (TPSA) is 50.9 Å². The zero-order chi connectivity index (χ0) is 9.31. The van der Waals surface area contributed by atoms with Crippen LogP contribution in [0.5, 0.6) is 0 Å². The van der Waals surface area contributed by atoms with Crippen LogP contribution < -0.4 is 0 Å². The Morgan fingerprint density at radius 2 is 2.38 bits per heavy atom. The predicted molar refractivity (Wildman–Crippen MR) is 48.2 cm³/mol. The molecule has 13 heavy (non-hydrogen) atoms. The van der Waals surface area contributed by atoms with E-state index in [2.05, 4.69) is 10.3 Å². The van der Waals surface area contributed by atoms with E-state index in [1.54, 1.807) is 10.9 Å². The highest BCUT2D eigenvalue weighted by molar-refractivity contribution is 4.90. The van der Waals surface area contributed by atoms with Gasteiger partial charge in [-0.15, -0.1) is 5.10 Å². The standard InChI is InChI=1S/C9H15N3O/c1-9(13)5-3-2-4-8(9)12-7-6-10-11-12/h6-8,13H,2-5H2,1H3. The van der Waals surface area contributed by atoms with Crippen molar-refractivity contribution in [1.29, 1.82) is 0 Å². The van der Waals surface area contributed by atoms with E-state index in [0.29, 0.717) is 0 Å². The second-order valence-electron chi connectivity index (χ2n) is 4.00. The van der Waals surface area contributed by atoms with Crippen LogP contribution in [0.4, 0.5) is 0 Å². The fraction of sp³-hybridized carbons (Fsp3) is 0.778.